The van der Waals surface area contributed by atoms with Gasteiger partial charge in [-0.3, -0.25) is 4.79 Å². The zero-order valence-electron chi connectivity index (χ0n) is 31.1. The number of aromatic hydroxyl groups is 2. The maximum Gasteiger partial charge on any atom is 0.262 e. The van der Waals surface area contributed by atoms with Crippen LogP contribution in [0.25, 0.3) is 0 Å². The minimum atomic E-state index is -0.233. The van der Waals surface area contributed by atoms with E-state index in [0.717, 1.165) is 87.3 Å². The normalized spacial score (nSPS) is 16.9. The number of piperidine rings is 1. The summed E-state index contributed by atoms with van der Waals surface area (Å²) in [5, 5.41) is 26.7. The summed E-state index contributed by atoms with van der Waals surface area (Å²) in [5.74, 6) is 1.75. The Labute approximate surface area is 309 Å². The second kappa shape index (κ2) is 19.8. The second-order valence-corrected chi connectivity index (χ2v) is 14.6. The minimum absolute atomic E-state index is 0.00265. The molecule has 0 aromatic heterocycles. The molecular formula is C42H58N4O6. The Morgan fingerprint density at radius 1 is 1.00 bits per heavy atom. The van der Waals surface area contributed by atoms with E-state index >= 15 is 0 Å². The van der Waals surface area contributed by atoms with Crippen LogP contribution in [0.3, 0.4) is 0 Å². The number of nitrogens with one attached hydrogen (secondary N) is 2. The molecule has 1 amide bonds. The molecule has 0 radical (unpaired) electrons. The predicted octanol–water partition coefficient (Wildman–Crippen LogP) is 5.53. The van der Waals surface area contributed by atoms with Crippen LogP contribution in [0.2, 0.25) is 0 Å². The molecule has 4 N–H and O–H groups in total. The Bertz CT molecular complexity index is 1570. The number of likely N-dealkylation sites (tertiary alicyclic amines) is 1. The van der Waals surface area contributed by atoms with Crippen LogP contribution in [-0.4, -0.2) is 105 Å². The van der Waals surface area contributed by atoms with Gasteiger partial charge in [0, 0.05) is 30.5 Å². The van der Waals surface area contributed by atoms with Crippen molar-refractivity contribution in [1.82, 2.24) is 15.1 Å². The van der Waals surface area contributed by atoms with E-state index in [1.807, 2.05) is 24.3 Å². The van der Waals surface area contributed by atoms with Crippen molar-refractivity contribution in [3.63, 3.8) is 0 Å². The van der Waals surface area contributed by atoms with Gasteiger partial charge in [0.05, 0.1) is 13.2 Å². The van der Waals surface area contributed by atoms with Crippen molar-refractivity contribution in [2.75, 3.05) is 78.5 Å². The summed E-state index contributed by atoms with van der Waals surface area (Å²) >= 11 is 0. The van der Waals surface area contributed by atoms with Gasteiger partial charge in [-0.05, 0) is 107 Å². The molecule has 282 valence electrons. The molecule has 6 rings (SSSR count). The van der Waals surface area contributed by atoms with E-state index in [1.54, 1.807) is 6.07 Å². The molecule has 1 saturated carbocycles. The van der Waals surface area contributed by atoms with Crippen LogP contribution < -0.4 is 15.4 Å². The average Bonchev–Trinajstić information content (AvgIpc) is 3.13. The molecule has 2 heterocycles. The number of amides is 1. The van der Waals surface area contributed by atoms with Crippen LogP contribution in [0, 0.1) is 5.92 Å². The zero-order chi connectivity index (χ0) is 36.8. The lowest BCUT2D eigenvalue weighted by atomic mass is 9.67. The largest absolute Gasteiger partial charge is 0.508 e. The first kappa shape index (κ1) is 39.3. The highest BCUT2D eigenvalue weighted by Gasteiger charge is 2.39. The van der Waals surface area contributed by atoms with Crippen molar-refractivity contribution in [3.05, 3.63) is 82.9 Å². The van der Waals surface area contributed by atoms with Gasteiger partial charge in [0.2, 0.25) is 0 Å². The molecule has 2 fully saturated rings. The lowest BCUT2D eigenvalue weighted by Crippen LogP contribution is -2.41. The summed E-state index contributed by atoms with van der Waals surface area (Å²) in [5.41, 5.74) is 4.68. The van der Waals surface area contributed by atoms with Gasteiger partial charge in [-0.15, -0.1) is 0 Å². The number of anilines is 1. The van der Waals surface area contributed by atoms with Gasteiger partial charge in [0.25, 0.3) is 5.91 Å². The van der Waals surface area contributed by atoms with Crippen LogP contribution in [0.4, 0.5) is 5.69 Å². The molecule has 52 heavy (non-hydrogen) atoms. The number of nitrogens with zero attached hydrogens (tertiary/aromatic N) is 2. The molecule has 3 aromatic rings. The number of phenols is 2. The first-order chi connectivity index (χ1) is 25.3. The maximum absolute atomic E-state index is 11.4. The summed E-state index contributed by atoms with van der Waals surface area (Å²) in [6, 6.07) is 20.0. The van der Waals surface area contributed by atoms with E-state index in [0.29, 0.717) is 36.8 Å². The zero-order valence-corrected chi connectivity index (χ0v) is 31.1. The highest BCUT2D eigenvalue weighted by Crippen LogP contribution is 2.45. The minimum Gasteiger partial charge on any atom is -0.508 e. The van der Waals surface area contributed by atoms with E-state index in [1.165, 1.54) is 37.8 Å². The van der Waals surface area contributed by atoms with Crippen molar-refractivity contribution < 1.29 is 29.3 Å². The first-order valence-electron chi connectivity index (χ1n) is 19.0. The fourth-order valence-electron chi connectivity index (χ4n) is 7.34. The van der Waals surface area contributed by atoms with E-state index in [9.17, 15) is 19.8 Å². The number of carbonyl (C=O) groups is 2. The quantitative estimate of drug-likeness (QED) is 0.0813. The van der Waals surface area contributed by atoms with Gasteiger partial charge < -0.3 is 44.9 Å². The fourth-order valence-corrected chi connectivity index (χ4v) is 7.34. The Hall–Kier alpha value is -3.96. The van der Waals surface area contributed by atoms with Gasteiger partial charge in [-0.2, -0.15) is 0 Å². The lowest BCUT2D eigenvalue weighted by molar-refractivity contribution is -0.118. The third kappa shape index (κ3) is 10.8. The number of fused-ring (bicyclic) bond motifs is 1. The van der Waals surface area contributed by atoms with Crippen LogP contribution in [-0.2, 0) is 32.6 Å². The van der Waals surface area contributed by atoms with Crippen LogP contribution >= 0.6 is 0 Å². The first-order valence-corrected chi connectivity index (χ1v) is 19.0. The summed E-state index contributed by atoms with van der Waals surface area (Å²) in [4.78, 5) is 26.5. The number of phenolic OH excluding ortho intramolecular Hbond substituents is 2. The Morgan fingerprint density at radius 2 is 1.77 bits per heavy atom. The number of hydrogen-bond donors (Lipinski definition) is 4. The number of likely N-dealkylation sites (N-methyl/N-ethyl adjacent to an activating group) is 1. The van der Waals surface area contributed by atoms with Crippen LogP contribution in [0.5, 0.6) is 17.2 Å². The molecule has 0 bridgehead atoms. The van der Waals surface area contributed by atoms with Crippen molar-refractivity contribution in [1.29, 1.82) is 0 Å². The van der Waals surface area contributed by atoms with Crippen LogP contribution in [0.15, 0.2) is 60.7 Å². The third-order valence-electron chi connectivity index (χ3n) is 10.9. The number of carbonyl (C=O) groups excluding carboxylic acids is 2. The highest BCUT2D eigenvalue weighted by atomic mass is 16.5. The Morgan fingerprint density at radius 3 is 2.50 bits per heavy atom. The molecule has 3 aliphatic rings. The van der Waals surface area contributed by atoms with Gasteiger partial charge >= 0.3 is 0 Å². The van der Waals surface area contributed by atoms with Gasteiger partial charge in [-0.1, -0.05) is 67.8 Å². The number of aldehydes is 1. The maximum atomic E-state index is 11.4. The number of benzene rings is 3. The third-order valence-corrected chi connectivity index (χ3v) is 10.9. The van der Waals surface area contributed by atoms with Crippen molar-refractivity contribution in [2.45, 2.75) is 63.2 Å². The summed E-state index contributed by atoms with van der Waals surface area (Å²) in [6.07, 6.45) is 10.5. The number of rotatable bonds is 17. The summed E-state index contributed by atoms with van der Waals surface area (Å²) in [6.45, 7) is 7.10. The smallest absolute Gasteiger partial charge is 0.262 e. The summed E-state index contributed by atoms with van der Waals surface area (Å²) < 4.78 is 11.0. The molecule has 1 aliphatic carbocycles. The van der Waals surface area contributed by atoms with Crippen molar-refractivity contribution in [2.24, 2.45) is 5.92 Å². The monoisotopic (exact) mass is 714 g/mol. The molecule has 10 heteroatoms. The standard InChI is InChI=1S/C23H29NO3.C19H29N3O3/c1-24-13-11-23(12-14-24,20-6-3-2-4-7-20)21-18-19(8-9-22(21)26)10-17-27-16-5-15-25;1-22(11-8-14-3-2-4-14)12-10-20-9-7-15-5-6-16(23)18-19(15)25-13-17(24)21-18/h2-4,6-9,15,18,26H,5,10-14,16-17H2,1H3;5-6,14,20,23H,2-4,7-13H2,1H3,(H,21,24). The van der Waals surface area contributed by atoms with Gasteiger partial charge in [-0.25, -0.2) is 0 Å². The number of hydrogen-bond acceptors (Lipinski definition) is 9. The lowest BCUT2D eigenvalue weighted by Gasteiger charge is -2.42. The second-order valence-electron chi connectivity index (χ2n) is 14.6. The Balaban J connectivity index is 0.000000202. The number of ether oxygens (including phenoxy) is 2. The molecule has 0 spiro atoms. The molecule has 0 atom stereocenters. The van der Waals surface area contributed by atoms with Crippen molar-refractivity contribution >= 4 is 17.9 Å². The molecule has 0 unspecified atom stereocenters. The molecule has 10 nitrogen and oxygen atoms in total. The fraction of sp³-hybridized carbons (Fsp3) is 0.524. The van der Waals surface area contributed by atoms with E-state index in [4.69, 9.17) is 9.47 Å². The molecule has 3 aromatic carbocycles. The molecule has 2 aliphatic heterocycles. The van der Waals surface area contributed by atoms with Gasteiger partial charge in [0.1, 0.15) is 23.5 Å². The highest BCUT2D eigenvalue weighted by molar-refractivity contribution is 5.97. The molecule has 1 saturated heterocycles. The van der Waals surface area contributed by atoms with Crippen LogP contribution in [0.1, 0.15) is 67.2 Å². The van der Waals surface area contributed by atoms with Gasteiger partial charge in [0.15, 0.2) is 12.4 Å². The van der Waals surface area contributed by atoms with Crippen molar-refractivity contribution in [3.8, 4) is 17.2 Å². The Kier molecular flexibility index (Phi) is 14.9. The summed E-state index contributed by atoms with van der Waals surface area (Å²) in [7, 11) is 4.34. The molecular weight excluding hydrogens is 656 g/mol. The van der Waals surface area contributed by atoms with E-state index < -0.39 is 0 Å². The predicted molar refractivity (Wildman–Crippen MR) is 206 cm³/mol. The van der Waals surface area contributed by atoms with E-state index in [2.05, 4.69) is 64.9 Å². The SMILES string of the molecule is CN(CCNCCc1ccc(O)c2c1OCC(=O)N2)CCC1CCC1.CN1CCC(c2ccccc2)(c2cc(CCOCCC=O)ccc2O)CC1. The average molecular weight is 715 g/mol. The topological polar surface area (TPSA) is 124 Å². The van der Waals surface area contributed by atoms with E-state index in [-0.39, 0.29) is 23.7 Å².